The van der Waals surface area contributed by atoms with Crippen LogP contribution in [0.2, 0.25) is 0 Å². The molecule has 0 aliphatic carbocycles. The summed E-state index contributed by atoms with van der Waals surface area (Å²) in [6, 6.07) is 0. The topological polar surface area (TPSA) is 298 Å². The summed E-state index contributed by atoms with van der Waals surface area (Å²) in [5, 5.41) is 77.2. The monoisotopic (exact) mass is 564 g/mol. The molecule has 0 heterocycles. The van der Waals surface area contributed by atoms with Crippen molar-refractivity contribution in [1.29, 1.82) is 0 Å². The summed E-state index contributed by atoms with van der Waals surface area (Å²) in [6.45, 7) is 0. The van der Waals surface area contributed by atoms with Crippen LogP contribution in [0.3, 0.4) is 0 Å². The van der Waals surface area contributed by atoms with E-state index in [-0.39, 0.29) is 0 Å². The van der Waals surface area contributed by atoms with E-state index in [4.69, 9.17) is 0 Å². The molecule has 0 aliphatic heterocycles. The fourth-order valence-corrected chi connectivity index (χ4v) is 5.51. The van der Waals surface area contributed by atoms with Crippen molar-refractivity contribution in [3.63, 3.8) is 0 Å². The third-order valence-corrected chi connectivity index (χ3v) is 7.24. The largest absolute Gasteiger partial charge is 0.481 e. The second-order valence-corrected chi connectivity index (χ2v) is 9.22. The zero-order valence-corrected chi connectivity index (χ0v) is 20.8. The molecule has 8 N–H and O–H groups in total. The van der Waals surface area contributed by atoms with Crippen molar-refractivity contribution < 1.29 is 79.2 Å². The van der Waals surface area contributed by atoms with E-state index < -0.39 is 141 Å². The number of carbonyl (C=O) groups is 8. The molecule has 0 bridgehead atoms. The lowest BCUT2D eigenvalue weighted by atomic mass is 9.43. The van der Waals surface area contributed by atoms with Gasteiger partial charge >= 0.3 is 47.8 Å². The molecule has 0 amide bonds. The summed E-state index contributed by atoms with van der Waals surface area (Å²) >= 11 is 0. The lowest BCUT2D eigenvalue weighted by molar-refractivity contribution is -0.197. The Morgan fingerprint density at radius 1 is 0.333 bits per heavy atom. The molecule has 0 saturated carbocycles. The highest BCUT2D eigenvalue weighted by molar-refractivity contribution is 5.84. The fourth-order valence-electron chi connectivity index (χ4n) is 5.51. The molecule has 39 heavy (non-hydrogen) atoms. The second-order valence-electron chi connectivity index (χ2n) is 9.22. The normalized spacial score (nSPS) is 11.9. The number of rotatable bonds is 22. The molecule has 0 atom stereocenters. The number of hydrogen-bond acceptors (Lipinski definition) is 8. The van der Waals surface area contributed by atoms with E-state index in [1.165, 1.54) is 0 Å². The summed E-state index contributed by atoms with van der Waals surface area (Å²) in [5.74, 6) is -13.5. The molecule has 16 nitrogen and oxygen atoms in total. The fraction of sp³-hybridized carbons (Fsp3) is 0.652. The molecular formula is C23H32O16. The third-order valence-electron chi connectivity index (χ3n) is 7.24. The van der Waals surface area contributed by atoms with Crippen molar-refractivity contribution in [2.24, 2.45) is 16.2 Å². The summed E-state index contributed by atoms with van der Waals surface area (Å²) in [4.78, 5) is 95.4. The van der Waals surface area contributed by atoms with Crippen LogP contribution in [-0.4, -0.2) is 88.6 Å². The van der Waals surface area contributed by atoms with E-state index in [1.807, 2.05) is 0 Å². The zero-order valence-electron chi connectivity index (χ0n) is 20.8. The smallest absolute Gasteiger partial charge is 0.310 e. The van der Waals surface area contributed by atoms with E-state index in [0.717, 1.165) is 0 Å². The molecule has 0 aromatic heterocycles. The Balaban J connectivity index is 8.10. The average Bonchev–Trinajstić information content (AvgIpc) is 2.79. The highest BCUT2D eigenvalue weighted by Crippen LogP contribution is 2.65. The zero-order chi connectivity index (χ0) is 30.6. The Morgan fingerprint density at radius 2 is 0.513 bits per heavy atom. The van der Waals surface area contributed by atoms with Crippen LogP contribution in [0.15, 0.2) is 0 Å². The molecule has 0 unspecified atom stereocenters. The summed E-state index contributed by atoms with van der Waals surface area (Å²) in [6.07, 6.45) is -11.9. The van der Waals surface area contributed by atoms with E-state index in [9.17, 15) is 79.2 Å². The molecule has 0 saturated heterocycles. The van der Waals surface area contributed by atoms with Gasteiger partial charge in [0.1, 0.15) is 0 Å². The highest BCUT2D eigenvalue weighted by atomic mass is 16.4. The minimum Gasteiger partial charge on any atom is -0.481 e. The average molecular weight is 564 g/mol. The molecule has 0 radical (unpaired) electrons. The molecule has 0 aromatic carbocycles. The Hall–Kier alpha value is -4.24. The Morgan fingerprint density at radius 3 is 0.667 bits per heavy atom. The van der Waals surface area contributed by atoms with E-state index >= 15 is 0 Å². The molecular weight excluding hydrogens is 532 g/mol. The first kappa shape index (κ1) is 34.8. The summed E-state index contributed by atoms with van der Waals surface area (Å²) < 4.78 is 0. The lowest BCUT2D eigenvalue weighted by Crippen LogP contribution is -2.61. The number of carboxylic acid groups (broad SMARTS) is 8. The standard InChI is InChI=1S/C23H32O16/c24-13(25)1-7-21(19(36)37,8-2-14(26)27)23(11-5-17(32)33,12-6-18(34)35)22(20(38)39,9-3-15(28)29)10-4-16(30)31/h1-12H2,(H,24,25)(H,26,27)(H,28,29)(H,30,31)(H,32,33)(H,34,35)(H,36,37)(H,38,39). The van der Waals surface area contributed by atoms with Crippen molar-refractivity contribution in [3.05, 3.63) is 0 Å². The van der Waals surface area contributed by atoms with E-state index in [0.29, 0.717) is 0 Å². The van der Waals surface area contributed by atoms with Crippen molar-refractivity contribution in [1.82, 2.24) is 0 Å². The molecule has 0 rings (SSSR count). The first-order valence-corrected chi connectivity index (χ1v) is 11.7. The molecule has 16 heteroatoms. The molecule has 0 aromatic rings. The third kappa shape index (κ3) is 8.93. The first-order valence-electron chi connectivity index (χ1n) is 11.7. The van der Waals surface area contributed by atoms with Gasteiger partial charge in [-0.3, -0.25) is 38.4 Å². The number of carboxylic acids is 8. The van der Waals surface area contributed by atoms with Gasteiger partial charge < -0.3 is 40.9 Å². The van der Waals surface area contributed by atoms with Crippen molar-refractivity contribution in [3.8, 4) is 0 Å². The second kappa shape index (κ2) is 14.6. The van der Waals surface area contributed by atoms with Crippen molar-refractivity contribution in [2.75, 3.05) is 0 Å². The van der Waals surface area contributed by atoms with Gasteiger partial charge in [0.2, 0.25) is 0 Å². The Bertz CT molecular complexity index is 867. The van der Waals surface area contributed by atoms with E-state index in [1.54, 1.807) is 0 Å². The molecule has 220 valence electrons. The van der Waals surface area contributed by atoms with Gasteiger partial charge in [-0.05, 0) is 38.5 Å². The number of hydrogen-bond donors (Lipinski definition) is 8. The van der Waals surface area contributed by atoms with Crippen LogP contribution < -0.4 is 0 Å². The van der Waals surface area contributed by atoms with Crippen LogP contribution in [0.1, 0.15) is 77.0 Å². The van der Waals surface area contributed by atoms with Gasteiger partial charge in [-0.1, -0.05) is 0 Å². The maximum Gasteiger partial charge on any atom is 0.310 e. The van der Waals surface area contributed by atoms with Crippen LogP contribution >= 0.6 is 0 Å². The van der Waals surface area contributed by atoms with Gasteiger partial charge in [0.15, 0.2) is 0 Å². The van der Waals surface area contributed by atoms with Crippen LogP contribution in [0.4, 0.5) is 0 Å². The Labute approximate surface area is 220 Å². The maximum absolute atomic E-state index is 13.0. The molecule has 0 aliphatic rings. The van der Waals surface area contributed by atoms with E-state index in [2.05, 4.69) is 0 Å². The van der Waals surface area contributed by atoms with Crippen LogP contribution in [0.5, 0.6) is 0 Å². The summed E-state index contributed by atoms with van der Waals surface area (Å²) in [7, 11) is 0. The molecule has 0 fully saturated rings. The van der Waals surface area contributed by atoms with Gasteiger partial charge in [0, 0.05) is 43.9 Å². The highest BCUT2D eigenvalue weighted by Gasteiger charge is 2.68. The number of aliphatic carboxylic acids is 8. The Kier molecular flexibility index (Phi) is 13.0. The van der Waals surface area contributed by atoms with Crippen molar-refractivity contribution >= 4 is 47.8 Å². The van der Waals surface area contributed by atoms with Crippen LogP contribution in [0, 0.1) is 16.2 Å². The maximum atomic E-state index is 13.0. The van der Waals surface area contributed by atoms with Crippen LogP contribution in [-0.2, 0) is 38.4 Å². The predicted molar refractivity (Wildman–Crippen MR) is 124 cm³/mol. The van der Waals surface area contributed by atoms with Gasteiger partial charge in [0.05, 0.1) is 10.8 Å². The predicted octanol–water partition coefficient (Wildman–Crippen LogP) is 1.30. The summed E-state index contributed by atoms with van der Waals surface area (Å²) in [5.41, 5.74) is -8.13. The minimum absolute atomic E-state index is 0.966. The van der Waals surface area contributed by atoms with Crippen molar-refractivity contribution in [2.45, 2.75) is 77.0 Å². The van der Waals surface area contributed by atoms with Gasteiger partial charge in [0.25, 0.3) is 0 Å². The minimum atomic E-state index is -2.75. The lowest BCUT2D eigenvalue weighted by Gasteiger charge is -2.57. The van der Waals surface area contributed by atoms with Gasteiger partial charge in [-0.25, -0.2) is 0 Å². The van der Waals surface area contributed by atoms with Crippen LogP contribution in [0.25, 0.3) is 0 Å². The quantitative estimate of drug-likeness (QED) is 0.0918. The SMILES string of the molecule is O=C(O)CCC(CCC(=O)O)(C(=O)O)C(CCC(=O)O)(CCC(=O)O)C(CCC(=O)O)(CCC(=O)O)C(=O)O. The van der Waals surface area contributed by atoms with Gasteiger partial charge in [-0.15, -0.1) is 0 Å². The molecule has 0 spiro atoms. The van der Waals surface area contributed by atoms with Gasteiger partial charge in [-0.2, -0.15) is 0 Å². The first-order chi connectivity index (χ1) is 17.9.